The summed E-state index contributed by atoms with van der Waals surface area (Å²) >= 11 is 0. The fourth-order valence-corrected chi connectivity index (χ4v) is 4.42. The minimum atomic E-state index is -1.09. The van der Waals surface area contributed by atoms with Crippen LogP contribution in [0.2, 0.25) is 0 Å². The second kappa shape index (κ2) is 10.3. The molecule has 3 atom stereocenters. The van der Waals surface area contributed by atoms with Crippen molar-refractivity contribution in [2.75, 3.05) is 34.3 Å². The molecule has 3 unspecified atom stereocenters. The molecular formula is C27H33N5O3. The van der Waals surface area contributed by atoms with Gasteiger partial charge < -0.3 is 30.2 Å². The molecule has 35 heavy (non-hydrogen) atoms. The van der Waals surface area contributed by atoms with Crippen LogP contribution < -0.4 is 5.32 Å². The summed E-state index contributed by atoms with van der Waals surface area (Å²) in [5.41, 5.74) is 3.27. The average Bonchev–Trinajstić information content (AvgIpc) is 3.45. The Balaban J connectivity index is 1.73. The number of carbonyl (C=O) groups excluding carboxylic acids is 2. The van der Waals surface area contributed by atoms with Crippen LogP contribution in [0.15, 0.2) is 60.7 Å². The minimum Gasteiger partial charge on any atom is -0.394 e. The Hall–Kier alpha value is -3.62. The van der Waals surface area contributed by atoms with E-state index in [-0.39, 0.29) is 18.6 Å². The zero-order valence-electron chi connectivity index (χ0n) is 20.6. The molecule has 4 rings (SSSR count). The number of hydrogen-bond acceptors (Lipinski definition) is 4. The van der Waals surface area contributed by atoms with Gasteiger partial charge in [-0.3, -0.25) is 9.59 Å². The van der Waals surface area contributed by atoms with E-state index in [2.05, 4.69) is 21.4 Å². The first-order chi connectivity index (χ1) is 16.8. The number of nitrogens with zero attached hydrogens (tertiary/aromatic N) is 2. The highest BCUT2D eigenvalue weighted by Crippen LogP contribution is 2.29. The lowest BCUT2D eigenvalue weighted by Crippen LogP contribution is -2.46. The number of aliphatic hydroxyl groups excluding tert-OH is 1. The molecule has 0 spiro atoms. The Morgan fingerprint density at radius 1 is 0.914 bits per heavy atom. The monoisotopic (exact) mass is 475 g/mol. The van der Waals surface area contributed by atoms with Crippen molar-refractivity contribution in [3.8, 4) is 0 Å². The zero-order valence-corrected chi connectivity index (χ0v) is 20.6. The highest BCUT2D eigenvalue weighted by Gasteiger charge is 2.36. The van der Waals surface area contributed by atoms with Gasteiger partial charge in [-0.1, -0.05) is 36.4 Å². The first-order valence-corrected chi connectivity index (χ1v) is 11.8. The average molecular weight is 476 g/mol. The number of likely N-dealkylation sites (N-methyl/N-ethyl adjacent to an activating group) is 2. The molecule has 184 valence electrons. The number of carbonyl (C=O) groups is 2. The summed E-state index contributed by atoms with van der Waals surface area (Å²) in [6.07, 6.45) is 0. The van der Waals surface area contributed by atoms with Crippen molar-refractivity contribution in [2.45, 2.75) is 24.9 Å². The van der Waals surface area contributed by atoms with Gasteiger partial charge in [0.15, 0.2) is 5.92 Å². The van der Waals surface area contributed by atoms with Crippen molar-refractivity contribution in [3.63, 3.8) is 0 Å². The van der Waals surface area contributed by atoms with Crippen LogP contribution in [0, 0.1) is 0 Å². The summed E-state index contributed by atoms with van der Waals surface area (Å²) in [6, 6.07) is 18.8. The molecule has 2 amide bonds. The van der Waals surface area contributed by atoms with Gasteiger partial charge in [0.2, 0.25) is 11.8 Å². The number of H-pyrrole nitrogens is 2. The Morgan fingerprint density at radius 2 is 1.46 bits per heavy atom. The predicted octanol–water partition coefficient (Wildman–Crippen LogP) is 2.99. The van der Waals surface area contributed by atoms with Gasteiger partial charge >= 0.3 is 0 Å². The number of rotatable bonds is 9. The fourth-order valence-electron chi connectivity index (χ4n) is 4.42. The van der Waals surface area contributed by atoms with Crippen LogP contribution in [-0.2, 0) is 9.59 Å². The Morgan fingerprint density at radius 3 is 2.00 bits per heavy atom. The molecule has 2 heterocycles. The first-order valence-electron chi connectivity index (χ1n) is 11.8. The number of aliphatic hydroxyl groups is 1. The molecule has 8 heteroatoms. The highest BCUT2D eigenvalue weighted by atomic mass is 16.3. The predicted molar refractivity (Wildman–Crippen MR) is 138 cm³/mol. The molecule has 0 aliphatic heterocycles. The quantitative estimate of drug-likeness (QED) is 0.279. The maximum Gasteiger partial charge on any atom is 0.241 e. The van der Waals surface area contributed by atoms with E-state index in [0.29, 0.717) is 12.2 Å². The number of aromatic nitrogens is 2. The van der Waals surface area contributed by atoms with E-state index < -0.39 is 17.9 Å². The number of benzene rings is 2. The molecule has 0 saturated heterocycles. The third-order valence-corrected chi connectivity index (χ3v) is 6.30. The van der Waals surface area contributed by atoms with Crippen LogP contribution in [0.5, 0.6) is 0 Å². The topological polar surface area (TPSA) is 104 Å². The van der Waals surface area contributed by atoms with Crippen molar-refractivity contribution in [1.29, 1.82) is 0 Å². The smallest absolute Gasteiger partial charge is 0.241 e. The van der Waals surface area contributed by atoms with Gasteiger partial charge in [0, 0.05) is 42.1 Å². The standard InChI is InChI=1S/C27H33N5O3/c1-17(16-33)28-26(34)25(23-14-19-10-6-8-12-21(19)30-23)27(35)32(4)24(15-31(2)3)22-13-18-9-5-7-11-20(18)29-22/h5-14,17,24-25,29-30,33H,15-16H2,1-4H3,(H,28,34). The lowest BCUT2D eigenvalue weighted by atomic mass is 10.00. The summed E-state index contributed by atoms with van der Waals surface area (Å²) in [5, 5.41) is 14.2. The molecule has 0 radical (unpaired) electrons. The van der Waals surface area contributed by atoms with E-state index in [1.54, 1.807) is 18.9 Å². The van der Waals surface area contributed by atoms with E-state index in [4.69, 9.17) is 0 Å². The number of aromatic amines is 2. The van der Waals surface area contributed by atoms with Crippen LogP contribution >= 0.6 is 0 Å². The molecule has 0 aliphatic carbocycles. The van der Waals surface area contributed by atoms with Crippen molar-refractivity contribution < 1.29 is 14.7 Å². The number of para-hydroxylation sites is 2. The van der Waals surface area contributed by atoms with Crippen LogP contribution in [-0.4, -0.2) is 77.0 Å². The SMILES string of the molecule is CC(CO)NC(=O)C(C(=O)N(C)C(CN(C)C)c1cc2ccccc2[nH]1)c1cc2ccccc2[nH]1. The molecule has 4 aromatic rings. The molecule has 2 aromatic carbocycles. The normalized spacial score (nSPS) is 14.2. The number of nitrogens with one attached hydrogen (secondary N) is 3. The molecule has 0 aliphatic rings. The van der Waals surface area contributed by atoms with Crippen LogP contribution in [0.1, 0.15) is 30.3 Å². The summed E-state index contributed by atoms with van der Waals surface area (Å²) in [4.78, 5) is 37.7. The molecule has 0 saturated carbocycles. The summed E-state index contributed by atoms with van der Waals surface area (Å²) < 4.78 is 0. The second-order valence-electron chi connectivity index (χ2n) is 9.38. The summed E-state index contributed by atoms with van der Waals surface area (Å²) in [7, 11) is 5.65. The van der Waals surface area contributed by atoms with Crippen molar-refractivity contribution in [1.82, 2.24) is 25.1 Å². The van der Waals surface area contributed by atoms with Crippen LogP contribution in [0.3, 0.4) is 0 Å². The number of fused-ring (bicyclic) bond motifs is 2. The molecule has 4 N–H and O–H groups in total. The van der Waals surface area contributed by atoms with Crippen molar-refractivity contribution >= 4 is 33.6 Å². The Labute approximate surface area is 204 Å². The highest BCUT2D eigenvalue weighted by molar-refractivity contribution is 6.06. The second-order valence-corrected chi connectivity index (χ2v) is 9.38. The molecular weight excluding hydrogens is 442 g/mol. The Bertz CT molecular complexity index is 1260. The Kier molecular flexibility index (Phi) is 7.23. The van der Waals surface area contributed by atoms with Crippen molar-refractivity contribution in [2.24, 2.45) is 0 Å². The fraction of sp³-hybridized carbons (Fsp3) is 0.333. The van der Waals surface area contributed by atoms with E-state index in [0.717, 1.165) is 27.5 Å². The summed E-state index contributed by atoms with van der Waals surface area (Å²) in [6.45, 7) is 2.06. The van der Waals surface area contributed by atoms with Crippen molar-refractivity contribution in [3.05, 3.63) is 72.1 Å². The van der Waals surface area contributed by atoms with Gasteiger partial charge in [-0.25, -0.2) is 0 Å². The minimum absolute atomic E-state index is 0.215. The van der Waals surface area contributed by atoms with Gasteiger partial charge in [-0.2, -0.15) is 0 Å². The number of hydrogen-bond donors (Lipinski definition) is 4. The van der Waals surface area contributed by atoms with E-state index in [9.17, 15) is 14.7 Å². The van der Waals surface area contributed by atoms with Gasteiger partial charge in [-0.05, 0) is 56.1 Å². The lowest BCUT2D eigenvalue weighted by Gasteiger charge is -2.32. The van der Waals surface area contributed by atoms with E-state index >= 15 is 0 Å². The van der Waals surface area contributed by atoms with E-state index in [1.807, 2.05) is 73.6 Å². The zero-order chi connectivity index (χ0) is 25.1. The van der Waals surface area contributed by atoms with Gasteiger partial charge in [0.05, 0.1) is 12.6 Å². The summed E-state index contributed by atoms with van der Waals surface area (Å²) in [5.74, 6) is -1.87. The third-order valence-electron chi connectivity index (χ3n) is 6.30. The maximum absolute atomic E-state index is 14.0. The van der Waals surface area contributed by atoms with Gasteiger partial charge in [-0.15, -0.1) is 0 Å². The van der Waals surface area contributed by atoms with Crippen LogP contribution in [0.4, 0.5) is 0 Å². The maximum atomic E-state index is 14.0. The largest absolute Gasteiger partial charge is 0.394 e. The lowest BCUT2D eigenvalue weighted by molar-refractivity contribution is -0.139. The van der Waals surface area contributed by atoms with Gasteiger partial charge in [0.25, 0.3) is 0 Å². The molecule has 0 fully saturated rings. The molecule has 8 nitrogen and oxygen atoms in total. The van der Waals surface area contributed by atoms with Crippen LogP contribution in [0.25, 0.3) is 21.8 Å². The molecule has 0 bridgehead atoms. The first kappa shape index (κ1) is 24.5. The molecule has 2 aromatic heterocycles. The van der Waals surface area contributed by atoms with E-state index in [1.165, 1.54) is 0 Å². The number of amides is 2. The third kappa shape index (κ3) is 5.23. The van der Waals surface area contributed by atoms with Gasteiger partial charge in [0.1, 0.15) is 0 Å².